The van der Waals surface area contributed by atoms with Crippen molar-refractivity contribution in [2.45, 2.75) is 13.5 Å². The summed E-state index contributed by atoms with van der Waals surface area (Å²) in [5.41, 5.74) is 2.12. The fraction of sp³-hybridized carbons (Fsp3) is 0.300. The monoisotopic (exact) mass is 379 g/mol. The summed E-state index contributed by atoms with van der Waals surface area (Å²) in [4.78, 5) is 24.5. The zero-order chi connectivity index (χ0) is 19.8. The van der Waals surface area contributed by atoms with E-state index >= 15 is 0 Å². The van der Waals surface area contributed by atoms with Gasteiger partial charge in [-0.15, -0.1) is 4.52 Å². The number of hydrogen-bond acceptors (Lipinski definition) is 5. The molecule has 0 bridgehead atoms. The predicted molar refractivity (Wildman–Crippen MR) is 107 cm³/mol. The highest BCUT2D eigenvalue weighted by Gasteiger charge is 2.24. The molecule has 0 saturated carbocycles. The second kappa shape index (κ2) is 7.05. The van der Waals surface area contributed by atoms with E-state index in [1.165, 1.54) is 0 Å². The van der Waals surface area contributed by atoms with Crippen LogP contribution in [-0.2, 0) is 6.54 Å². The molecule has 0 unspecified atom stereocenters. The minimum absolute atomic E-state index is 0.0775. The molecule has 144 valence electrons. The van der Waals surface area contributed by atoms with Gasteiger partial charge in [0.25, 0.3) is 5.56 Å². The van der Waals surface area contributed by atoms with E-state index in [0.29, 0.717) is 23.2 Å². The number of aromatic amines is 1. The molecule has 0 saturated heterocycles. The number of likely N-dealkylation sites (N-methyl/N-ethyl adjacent to an activating group) is 1. The Morgan fingerprint density at radius 3 is 2.82 bits per heavy atom. The molecule has 0 amide bonds. The van der Waals surface area contributed by atoms with Gasteiger partial charge in [0.1, 0.15) is 11.1 Å². The van der Waals surface area contributed by atoms with E-state index in [1.807, 2.05) is 56.3 Å². The normalized spacial score (nSPS) is 11.6. The highest BCUT2D eigenvalue weighted by Crippen LogP contribution is 2.25. The van der Waals surface area contributed by atoms with Crippen LogP contribution in [0.1, 0.15) is 5.82 Å². The Labute approximate surface area is 162 Å². The third-order valence-corrected chi connectivity index (χ3v) is 4.70. The van der Waals surface area contributed by atoms with Crippen LogP contribution in [0.25, 0.3) is 27.9 Å². The molecule has 3 heterocycles. The first-order valence-corrected chi connectivity index (χ1v) is 9.08. The summed E-state index contributed by atoms with van der Waals surface area (Å²) in [6.45, 7) is 3.24. The lowest BCUT2D eigenvalue weighted by Crippen LogP contribution is -2.33. The van der Waals surface area contributed by atoms with Crippen molar-refractivity contribution in [2.24, 2.45) is 0 Å². The number of aryl methyl sites for hydroxylation is 1. The minimum Gasteiger partial charge on any atom is -0.497 e. The molecule has 0 atom stereocenters. The van der Waals surface area contributed by atoms with E-state index in [0.717, 1.165) is 29.4 Å². The molecule has 1 aromatic carbocycles. The average molecular weight is 379 g/mol. The molecule has 4 rings (SSSR count). The van der Waals surface area contributed by atoms with Gasteiger partial charge in [0.05, 0.1) is 7.11 Å². The number of nitrogens with zero attached hydrogens (tertiary/aromatic N) is 5. The minimum atomic E-state index is -0.0775. The van der Waals surface area contributed by atoms with Gasteiger partial charge < -0.3 is 14.2 Å². The fourth-order valence-electron chi connectivity index (χ4n) is 3.30. The van der Waals surface area contributed by atoms with E-state index in [9.17, 15) is 4.79 Å². The van der Waals surface area contributed by atoms with Crippen molar-refractivity contribution in [3.8, 4) is 17.0 Å². The number of aromatic nitrogens is 5. The number of H-pyrrole nitrogens is 1. The van der Waals surface area contributed by atoms with Crippen molar-refractivity contribution >= 4 is 16.7 Å². The maximum absolute atomic E-state index is 13.4. The van der Waals surface area contributed by atoms with Gasteiger partial charge in [-0.1, -0.05) is 22.1 Å². The summed E-state index contributed by atoms with van der Waals surface area (Å²) in [7, 11) is 5.60. The topological polar surface area (TPSA) is 80.1 Å². The van der Waals surface area contributed by atoms with Crippen LogP contribution in [0.4, 0.5) is 0 Å². The number of fused-ring (bicyclic) bond motifs is 2. The lowest BCUT2D eigenvalue weighted by atomic mass is 10.1. The van der Waals surface area contributed by atoms with E-state index in [2.05, 4.69) is 15.1 Å². The quantitative estimate of drug-likeness (QED) is 0.530. The molecular formula is C20H23N6O2+. The third kappa shape index (κ3) is 3.11. The fourth-order valence-corrected chi connectivity index (χ4v) is 3.30. The Kier molecular flexibility index (Phi) is 4.56. The molecule has 28 heavy (non-hydrogen) atoms. The van der Waals surface area contributed by atoms with Crippen molar-refractivity contribution in [1.29, 1.82) is 0 Å². The van der Waals surface area contributed by atoms with Gasteiger partial charge in [0, 0.05) is 31.8 Å². The van der Waals surface area contributed by atoms with Crippen LogP contribution >= 0.6 is 0 Å². The summed E-state index contributed by atoms with van der Waals surface area (Å²) in [6.07, 6.45) is 1.80. The Balaban J connectivity index is 2.07. The van der Waals surface area contributed by atoms with Gasteiger partial charge in [-0.2, -0.15) is 0 Å². The number of hydrogen-bond donors (Lipinski definition) is 1. The SMILES string of the molecule is COc1cccc(-c2c3c(=O)n(CCN(C)C)ccc3nc3nc(C)[nH][n+]23)c1. The van der Waals surface area contributed by atoms with Crippen molar-refractivity contribution in [1.82, 2.24) is 24.5 Å². The van der Waals surface area contributed by atoms with E-state index in [4.69, 9.17) is 4.74 Å². The molecular weight excluding hydrogens is 356 g/mol. The number of ether oxygens (including phenoxy) is 1. The summed E-state index contributed by atoms with van der Waals surface area (Å²) in [5, 5.41) is 3.75. The van der Waals surface area contributed by atoms with Gasteiger partial charge in [0.2, 0.25) is 5.82 Å². The number of benzene rings is 1. The van der Waals surface area contributed by atoms with E-state index in [1.54, 1.807) is 22.4 Å². The summed E-state index contributed by atoms with van der Waals surface area (Å²) < 4.78 is 8.88. The lowest BCUT2D eigenvalue weighted by Gasteiger charge is -2.12. The smallest absolute Gasteiger partial charge is 0.458 e. The Hall–Kier alpha value is -3.26. The van der Waals surface area contributed by atoms with Crippen LogP contribution in [0.2, 0.25) is 0 Å². The number of methoxy groups -OCH3 is 1. The predicted octanol–water partition coefficient (Wildman–Crippen LogP) is 1.40. The van der Waals surface area contributed by atoms with Crippen molar-refractivity contribution in [3.63, 3.8) is 0 Å². The molecule has 8 nitrogen and oxygen atoms in total. The van der Waals surface area contributed by atoms with Gasteiger partial charge in [0.15, 0.2) is 11.2 Å². The van der Waals surface area contributed by atoms with Crippen molar-refractivity contribution in [3.05, 3.63) is 52.7 Å². The van der Waals surface area contributed by atoms with Gasteiger partial charge in [-0.05, 0) is 32.3 Å². The molecule has 0 aliphatic rings. The molecule has 0 radical (unpaired) electrons. The summed E-state index contributed by atoms with van der Waals surface area (Å²) in [6, 6.07) is 9.52. The zero-order valence-corrected chi connectivity index (χ0v) is 16.4. The first kappa shape index (κ1) is 18.1. The maximum atomic E-state index is 13.4. The van der Waals surface area contributed by atoms with Crippen molar-refractivity contribution < 1.29 is 9.25 Å². The molecule has 3 aromatic heterocycles. The number of rotatable bonds is 5. The molecule has 0 aliphatic heterocycles. The van der Waals surface area contributed by atoms with Gasteiger partial charge in [-0.3, -0.25) is 4.79 Å². The standard InChI is InChI=1S/C20H22N6O2/c1-13-21-20-22-16-8-9-25(11-10-24(2)3)19(27)17(16)18(26(20)23-13)14-6-5-7-15(12-14)28-4/h5-9,12H,10-11H2,1-4H3/p+1. The van der Waals surface area contributed by atoms with Gasteiger partial charge in [-0.25, -0.2) is 5.10 Å². The highest BCUT2D eigenvalue weighted by molar-refractivity contribution is 5.90. The van der Waals surface area contributed by atoms with Crippen LogP contribution in [0.15, 0.2) is 41.3 Å². The molecule has 0 spiro atoms. The van der Waals surface area contributed by atoms with Gasteiger partial charge >= 0.3 is 5.78 Å². The second-order valence-electron chi connectivity index (χ2n) is 7.01. The van der Waals surface area contributed by atoms with Crippen LogP contribution in [0, 0.1) is 6.92 Å². The van der Waals surface area contributed by atoms with Crippen LogP contribution in [0.5, 0.6) is 5.75 Å². The van der Waals surface area contributed by atoms with Crippen LogP contribution in [0.3, 0.4) is 0 Å². The first-order valence-electron chi connectivity index (χ1n) is 9.08. The van der Waals surface area contributed by atoms with Crippen LogP contribution < -0.4 is 14.8 Å². The summed E-state index contributed by atoms with van der Waals surface area (Å²) >= 11 is 0. The Morgan fingerprint density at radius 1 is 1.25 bits per heavy atom. The summed E-state index contributed by atoms with van der Waals surface area (Å²) in [5.74, 6) is 1.96. The zero-order valence-electron chi connectivity index (χ0n) is 16.4. The van der Waals surface area contributed by atoms with E-state index < -0.39 is 0 Å². The molecule has 1 N–H and O–H groups in total. The maximum Gasteiger partial charge on any atom is 0.458 e. The second-order valence-corrected chi connectivity index (χ2v) is 7.01. The molecule has 0 aliphatic carbocycles. The molecule has 0 fully saturated rings. The third-order valence-electron chi connectivity index (χ3n) is 4.70. The molecule has 4 aromatic rings. The van der Waals surface area contributed by atoms with Crippen molar-refractivity contribution in [2.75, 3.05) is 27.7 Å². The highest BCUT2D eigenvalue weighted by atomic mass is 16.5. The lowest BCUT2D eigenvalue weighted by molar-refractivity contribution is -0.567. The van der Waals surface area contributed by atoms with Crippen LogP contribution in [-0.4, -0.2) is 52.3 Å². The average Bonchev–Trinajstić information content (AvgIpc) is 3.05. The first-order chi connectivity index (χ1) is 13.5. The molecule has 8 heteroatoms. The Morgan fingerprint density at radius 2 is 2.07 bits per heavy atom. The Bertz CT molecular complexity index is 1220. The van der Waals surface area contributed by atoms with E-state index in [-0.39, 0.29) is 5.56 Å². The largest absolute Gasteiger partial charge is 0.497 e. The number of pyridine rings is 1. The number of nitrogens with one attached hydrogen (secondary N) is 1.